The maximum absolute atomic E-state index is 12.5. The molecule has 1 unspecified atom stereocenters. The van der Waals surface area contributed by atoms with Gasteiger partial charge in [0.2, 0.25) is 11.8 Å². The number of likely N-dealkylation sites (tertiary alicyclic amines) is 1. The van der Waals surface area contributed by atoms with Crippen molar-refractivity contribution in [2.24, 2.45) is 5.92 Å². The highest BCUT2D eigenvalue weighted by atomic mass is 16.2. The topological polar surface area (TPSA) is 49.4 Å². The van der Waals surface area contributed by atoms with Crippen molar-refractivity contribution in [3.05, 3.63) is 77.9 Å². The zero-order chi connectivity index (χ0) is 19.8. The van der Waals surface area contributed by atoms with Crippen LogP contribution in [0.2, 0.25) is 0 Å². The van der Waals surface area contributed by atoms with Crippen LogP contribution < -0.4 is 5.32 Å². The summed E-state index contributed by atoms with van der Waals surface area (Å²) in [6.45, 7) is 4.02. The first-order valence-corrected chi connectivity index (χ1v) is 9.98. The molecule has 0 aromatic heterocycles. The molecule has 4 nitrogen and oxygen atoms in total. The SMILES string of the molecule is CC(CNC(=O)C1CCN(C(=O)/C=C/c2ccccc2)CC1)c1ccccc1. The van der Waals surface area contributed by atoms with Crippen LogP contribution in [0.3, 0.4) is 0 Å². The lowest BCUT2D eigenvalue weighted by atomic mass is 9.95. The van der Waals surface area contributed by atoms with Gasteiger partial charge in [0.05, 0.1) is 0 Å². The second kappa shape index (κ2) is 9.88. The van der Waals surface area contributed by atoms with E-state index in [1.165, 1.54) is 5.56 Å². The highest BCUT2D eigenvalue weighted by molar-refractivity contribution is 5.92. The number of nitrogens with zero attached hydrogens (tertiary/aromatic N) is 1. The van der Waals surface area contributed by atoms with Crippen LogP contribution in [-0.2, 0) is 9.59 Å². The fourth-order valence-electron chi connectivity index (χ4n) is 3.50. The molecule has 0 spiro atoms. The summed E-state index contributed by atoms with van der Waals surface area (Å²) in [6, 6.07) is 20.0. The lowest BCUT2D eigenvalue weighted by Crippen LogP contribution is -2.43. The number of hydrogen-bond donors (Lipinski definition) is 1. The second-order valence-electron chi connectivity index (χ2n) is 7.40. The standard InChI is InChI=1S/C24H28N2O2/c1-19(21-10-6-3-7-11-21)18-25-24(28)22-14-16-26(17-15-22)23(27)13-12-20-8-4-2-5-9-20/h2-13,19,22H,14-18H2,1H3,(H,25,28)/b13-12+. The van der Waals surface area contributed by atoms with E-state index in [4.69, 9.17) is 0 Å². The van der Waals surface area contributed by atoms with Crippen molar-refractivity contribution in [2.45, 2.75) is 25.7 Å². The number of benzene rings is 2. The van der Waals surface area contributed by atoms with Gasteiger partial charge in [-0.1, -0.05) is 67.6 Å². The summed E-state index contributed by atoms with van der Waals surface area (Å²) >= 11 is 0. The van der Waals surface area contributed by atoms with E-state index in [2.05, 4.69) is 24.4 Å². The molecular formula is C24H28N2O2. The third-order valence-corrected chi connectivity index (χ3v) is 5.35. The smallest absolute Gasteiger partial charge is 0.246 e. The summed E-state index contributed by atoms with van der Waals surface area (Å²) in [5, 5.41) is 3.08. The van der Waals surface area contributed by atoms with Gasteiger partial charge in [0.1, 0.15) is 0 Å². The second-order valence-corrected chi connectivity index (χ2v) is 7.40. The van der Waals surface area contributed by atoms with Crippen molar-refractivity contribution in [3.8, 4) is 0 Å². The van der Waals surface area contributed by atoms with Crippen molar-refractivity contribution in [3.63, 3.8) is 0 Å². The number of rotatable bonds is 6. The molecule has 1 heterocycles. The molecule has 0 aliphatic carbocycles. The van der Waals surface area contributed by atoms with Crippen molar-refractivity contribution in [1.29, 1.82) is 0 Å². The predicted octanol–water partition coefficient (Wildman–Crippen LogP) is 3.86. The number of carbonyl (C=O) groups is 2. The van der Waals surface area contributed by atoms with Gasteiger partial charge in [0.25, 0.3) is 0 Å². The molecule has 4 heteroatoms. The Labute approximate surface area is 167 Å². The lowest BCUT2D eigenvalue weighted by molar-refractivity contribution is -0.132. The Morgan fingerprint density at radius 1 is 1.04 bits per heavy atom. The number of nitrogens with one attached hydrogen (secondary N) is 1. The minimum absolute atomic E-state index is 0.00914. The summed E-state index contributed by atoms with van der Waals surface area (Å²) in [7, 11) is 0. The van der Waals surface area contributed by atoms with E-state index < -0.39 is 0 Å². The largest absolute Gasteiger partial charge is 0.355 e. The Balaban J connectivity index is 1.42. The third kappa shape index (κ3) is 5.56. The summed E-state index contributed by atoms with van der Waals surface area (Å²) in [4.78, 5) is 26.7. The van der Waals surface area contributed by atoms with Crippen molar-refractivity contribution >= 4 is 17.9 Å². The van der Waals surface area contributed by atoms with E-state index >= 15 is 0 Å². The highest BCUT2D eigenvalue weighted by Gasteiger charge is 2.26. The van der Waals surface area contributed by atoms with Crippen LogP contribution in [0.5, 0.6) is 0 Å². The number of amides is 2. The average Bonchev–Trinajstić information content (AvgIpc) is 2.77. The summed E-state index contributed by atoms with van der Waals surface area (Å²) in [6.07, 6.45) is 4.90. The number of hydrogen-bond acceptors (Lipinski definition) is 2. The third-order valence-electron chi connectivity index (χ3n) is 5.35. The maximum Gasteiger partial charge on any atom is 0.246 e. The van der Waals surface area contributed by atoms with E-state index in [0.29, 0.717) is 19.6 Å². The molecule has 1 N–H and O–H groups in total. The molecule has 0 bridgehead atoms. The predicted molar refractivity (Wildman–Crippen MR) is 113 cm³/mol. The van der Waals surface area contributed by atoms with Gasteiger partial charge in [-0.15, -0.1) is 0 Å². The fraction of sp³-hybridized carbons (Fsp3) is 0.333. The molecule has 1 atom stereocenters. The van der Waals surface area contributed by atoms with Crippen LogP contribution in [0.25, 0.3) is 6.08 Å². The van der Waals surface area contributed by atoms with E-state index in [9.17, 15) is 9.59 Å². The molecule has 3 rings (SSSR count). The minimum atomic E-state index is -0.00914. The number of carbonyl (C=O) groups excluding carboxylic acids is 2. The number of piperidine rings is 1. The van der Waals surface area contributed by atoms with E-state index in [0.717, 1.165) is 18.4 Å². The Bertz CT molecular complexity index is 794. The van der Waals surface area contributed by atoms with E-state index in [1.807, 2.05) is 59.5 Å². The van der Waals surface area contributed by atoms with Gasteiger partial charge in [0.15, 0.2) is 0 Å². The van der Waals surface area contributed by atoms with Crippen LogP contribution in [0.1, 0.15) is 36.8 Å². The molecule has 1 aliphatic heterocycles. The van der Waals surface area contributed by atoms with Gasteiger partial charge < -0.3 is 10.2 Å². The summed E-state index contributed by atoms with van der Waals surface area (Å²) in [5.74, 6) is 0.398. The van der Waals surface area contributed by atoms with Crippen LogP contribution >= 0.6 is 0 Å². The zero-order valence-corrected chi connectivity index (χ0v) is 16.4. The van der Waals surface area contributed by atoms with Gasteiger partial charge in [-0.3, -0.25) is 9.59 Å². The Kier molecular flexibility index (Phi) is 7.01. The van der Waals surface area contributed by atoms with Gasteiger partial charge in [-0.25, -0.2) is 0 Å². The molecule has 2 amide bonds. The molecule has 0 saturated carbocycles. The van der Waals surface area contributed by atoms with E-state index in [1.54, 1.807) is 6.08 Å². The quantitative estimate of drug-likeness (QED) is 0.779. The highest BCUT2D eigenvalue weighted by Crippen LogP contribution is 2.19. The maximum atomic E-state index is 12.5. The molecular weight excluding hydrogens is 348 g/mol. The molecule has 2 aromatic carbocycles. The molecule has 1 fully saturated rings. The van der Waals surface area contributed by atoms with E-state index in [-0.39, 0.29) is 23.7 Å². The molecule has 2 aromatic rings. The first kappa shape index (κ1) is 19.9. The Morgan fingerprint density at radius 2 is 1.64 bits per heavy atom. The fourth-order valence-corrected chi connectivity index (χ4v) is 3.50. The molecule has 28 heavy (non-hydrogen) atoms. The normalized spacial score (nSPS) is 16.1. The van der Waals surface area contributed by atoms with Crippen LogP contribution in [-0.4, -0.2) is 36.3 Å². The first-order chi connectivity index (χ1) is 13.6. The molecule has 1 aliphatic rings. The molecule has 0 radical (unpaired) electrons. The van der Waals surface area contributed by atoms with Gasteiger partial charge in [-0.05, 0) is 36.0 Å². The van der Waals surface area contributed by atoms with Gasteiger partial charge >= 0.3 is 0 Å². The Hall–Kier alpha value is -2.88. The van der Waals surface area contributed by atoms with Crippen molar-refractivity contribution in [1.82, 2.24) is 10.2 Å². The minimum Gasteiger partial charge on any atom is -0.355 e. The molecule has 146 valence electrons. The summed E-state index contributed by atoms with van der Waals surface area (Å²) < 4.78 is 0. The zero-order valence-electron chi connectivity index (χ0n) is 16.4. The summed E-state index contributed by atoms with van der Waals surface area (Å²) in [5.41, 5.74) is 2.24. The monoisotopic (exact) mass is 376 g/mol. The Morgan fingerprint density at radius 3 is 2.29 bits per heavy atom. The van der Waals surface area contributed by atoms with Crippen LogP contribution in [0.4, 0.5) is 0 Å². The lowest BCUT2D eigenvalue weighted by Gasteiger charge is -2.31. The van der Waals surface area contributed by atoms with Gasteiger partial charge in [0, 0.05) is 31.6 Å². The first-order valence-electron chi connectivity index (χ1n) is 9.98. The molecule has 1 saturated heterocycles. The van der Waals surface area contributed by atoms with Crippen molar-refractivity contribution in [2.75, 3.05) is 19.6 Å². The van der Waals surface area contributed by atoms with Crippen molar-refractivity contribution < 1.29 is 9.59 Å². The van der Waals surface area contributed by atoms with Crippen LogP contribution in [0, 0.1) is 5.92 Å². The average molecular weight is 377 g/mol. The van der Waals surface area contributed by atoms with Gasteiger partial charge in [-0.2, -0.15) is 0 Å². The van der Waals surface area contributed by atoms with Crippen LogP contribution in [0.15, 0.2) is 66.7 Å².